The summed E-state index contributed by atoms with van der Waals surface area (Å²) >= 11 is 0. The van der Waals surface area contributed by atoms with Crippen LogP contribution in [0.3, 0.4) is 0 Å². The van der Waals surface area contributed by atoms with Gasteiger partial charge in [0.2, 0.25) is 0 Å². The van der Waals surface area contributed by atoms with E-state index in [0.29, 0.717) is 19.0 Å². The molecule has 0 heterocycles. The summed E-state index contributed by atoms with van der Waals surface area (Å²) in [5.74, 6) is 0.658. The molecule has 1 aliphatic carbocycles. The molecule has 0 amide bonds. The van der Waals surface area contributed by atoms with E-state index in [1.165, 1.54) is 17.7 Å². The zero-order valence-electron chi connectivity index (χ0n) is 18.0. The van der Waals surface area contributed by atoms with Crippen molar-refractivity contribution in [3.63, 3.8) is 0 Å². The summed E-state index contributed by atoms with van der Waals surface area (Å²) < 4.78 is 23.3. The third-order valence-corrected chi connectivity index (χ3v) is 6.49. The van der Waals surface area contributed by atoms with E-state index in [-0.39, 0.29) is 45.7 Å². The molecule has 174 valence electrons. The second-order valence-electron chi connectivity index (χ2n) is 7.63. The Kier molecular flexibility index (Phi) is 8.84. The number of nitro groups is 1. The summed E-state index contributed by atoms with van der Waals surface area (Å²) in [6.45, 7) is 1.65. The fourth-order valence-corrected chi connectivity index (χ4v) is 4.05. The lowest BCUT2D eigenvalue weighted by molar-refractivity contribution is -0.384. The van der Waals surface area contributed by atoms with Crippen LogP contribution in [-0.4, -0.2) is 52.2 Å². The number of halogens is 1. The van der Waals surface area contributed by atoms with E-state index in [0.717, 1.165) is 31.7 Å². The summed E-state index contributed by atoms with van der Waals surface area (Å²) in [5, 5.41) is 20.8. The van der Waals surface area contributed by atoms with Crippen LogP contribution >= 0.6 is 24.0 Å². The van der Waals surface area contributed by atoms with Crippen molar-refractivity contribution in [1.29, 1.82) is 0 Å². The van der Waals surface area contributed by atoms with Crippen LogP contribution in [0.15, 0.2) is 58.4 Å². The van der Waals surface area contributed by atoms with E-state index >= 15 is 0 Å². The number of benzene rings is 2. The fraction of sp³-hybridized carbons (Fsp3) is 0.381. The fourth-order valence-electron chi connectivity index (χ4n) is 3.40. The Hall–Kier alpha value is -2.41. The molecule has 0 radical (unpaired) electrons. The molecule has 0 atom stereocenters. The lowest BCUT2D eigenvalue weighted by Crippen LogP contribution is -2.42. The Morgan fingerprint density at radius 2 is 1.81 bits per heavy atom. The molecule has 0 aromatic heterocycles. The molecule has 1 saturated carbocycles. The molecule has 3 rings (SSSR count). The molecular formula is C21H28IN5O4S. The lowest BCUT2D eigenvalue weighted by atomic mass is 9.96. The van der Waals surface area contributed by atoms with Gasteiger partial charge in [-0.1, -0.05) is 30.3 Å². The average Bonchev–Trinajstić information content (AvgIpc) is 3.54. The highest BCUT2D eigenvalue weighted by Crippen LogP contribution is 2.47. The summed E-state index contributed by atoms with van der Waals surface area (Å²) in [4.78, 5) is 14.9. The zero-order chi connectivity index (χ0) is 22.5. The number of nitro benzene ring substituents is 1. The van der Waals surface area contributed by atoms with E-state index in [2.05, 4.69) is 45.2 Å². The Bertz CT molecular complexity index is 1070. The van der Waals surface area contributed by atoms with Gasteiger partial charge in [0, 0.05) is 44.4 Å². The van der Waals surface area contributed by atoms with Crippen LogP contribution in [0.5, 0.6) is 0 Å². The number of hydrogen-bond donors (Lipinski definition) is 3. The molecule has 0 aliphatic heterocycles. The largest absolute Gasteiger partial charge is 0.378 e. The van der Waals surface area contributed by atoms with Crippen molar-refractivity contribution in [3.05, 3.63) is 64.2 Å². The van der Waals surface area contributed by atoms with Crippen molar-refractivity contribution in [1.82, 2.24) is 10.6 Å². The standard InChI is InChI=1S/C21H27N5O4S.HI/c1-22-20(25-15-21(10-11-21)16-6-4-3-5-7-16)24-13-12-23-18-9-8-17(31(2,29)30)14-19(18)26(27)28;/h3-9,14,23H,10-13,15H2,1-2H3,(H2,22,24,25);1H. The van der Waals surface area contributed by atoms with Crippen molar-refractivity contribution in [2.45, 2.75) is 23.2 Å². The molecule has 2 aromatic carbocycles. The van der Waals surface area contributed by atoms with Crippen LogP contribution in [-0.2, 0) is 15.3 Å². The van der Waals surface area contributed by atoms with Crippen molar-refractivity contribution in [2.24, 2.45) is 4.99 Å². The van der Waals surface area contributed by atoms with E-state index in [4.69, 9.17) is 0 Å². The Morgan fingerprint density at radius 3 is 2.38 bits per heavy atom. The van der Waals surface area contributed by atoms with E-state index in [1.54, 1.807) is 7.05 Å². The summed E-state index contributed by atoms with van der Waals surface area (Å²) in [5.41, 5.74) is 1.47. The minimum Gasteiger partial charge on any atom is -0.378 e. The summed E-state index contributed by atoms with van der Waals surface area (Å²) in [6.07, 6.45) is 3.29. The molecule has 0 spiro atoms. The molecular weight excluding hydrogens is 545 g/mol. The van der Waals surface area contributed by atoms with Gasteiger partial charge in [0.05, 0.1) is 9.82 Å². The molecule has 11 heteroatoms. The predicted molar refractivity (Wildman–Crippen MR) is 137 cm³/mol. The van der Waals surface area contributed by atoms with Gasteiger partial charge in [-0.25, -0.2) is 8.42 Å². The predicted octanol–water partition coefficient (Wildman–Crippen LogP) is 2.93. The summed E-state index contributed by atoms with van der Waals surface area (Å²) in [7, 11) is -1.82. The van der Waals surface area contributed by atoms with Crippen molar-refractivity contribution >= 4 is 51.1 Å². The second kappa shape index (κ2) is 10.9. The van der Waals surface area contributed by atoms with Gasteiger partial charge in [0.15, 0.2) is 15.8 Å². The molecule has 1 fully saturated rings. The number of nitrogens with one attached hydrogen (secondary N) is 3. The maximum absolute atomic E-state index is 11.6. The monoisotopic (exact) mass is 573 g/mol. The maximum atomic E-state index is 11.6. The van der Waals surface area contributed by atoms with Crippen LogP contribution in [0.25, 0.3) is 0 Å². The highest BCUT2D eigenvalue weighted by atomic mass is 127. The first-order valence-corrected chi connectivity index (χ1v) is 11.9. The topological polar surface area (TPSA) is 126 Å². The second-order valence-corrected chi connectivity index (χ2v) is 9.65. The zero-order valence-corrected chi connectivity index (χ0v) is 21.1. The van der Waals surface area contributed by atoms with E-state index < -0.39 is 14.8 Å². The molecule has 1 aliphatic rings. The Labute approximate surface area is 205 Å². The molecule has 32 heavy (non-hydrogen) atoms. The highest BCUT2D eigenvalue weighted by Gasteiger charge is 2.43. The molecule has 2 aromatic rings. The van der Waals surface area contributed by atoms with E-state index in [1.807, 2.05) is 6.07 Å². The number of anilines is 1. The molecule has 3 N–H and O–H groups in total. The van der Waals surface area contributed by atoms with Crippen LogP contribution < -0.4 is 16.0 Å². The number of guanidine groups is 1. The molecule has 9 nitrogen and oxygen atoms in total. The maximum Gasteiger partial charge on any atom is 0.293 e. The van der Waals surface area contributed by atoms with Crippen molar-refractivity contribution in [2.75, 3.05) is 38.3 Å². The van der Waals surface area contributed by atoms with Gasteiger partial charge in [0.25, 0.3) is 5.69 Å². The molecule has 0 bridgehead atoms. The number of rotatable bonds is 9. The number of aliphatic imine (C=N–C) groups is 1. The summed E-state index contributed by atoms with van der Waals surface area (Å²) in [6, 6.07) is 14.3. The van der Waals surface area contributed by atoms with E-state index in [9.17, 15) is 18.5 Å². The SMILES string of the molecule is CN=C(NCCNc1ccc(S(C)(=O)=O)cc1[N+](=O)[O-])NCC1(c2ccccc2)CC1.I. The molecule has 0 saturated heterocycles. The Balaban J connectivity index is 0.00000363. The van der Waals surface area contributed by atoms with Gasteiger partial charge in [-0.05, 0) is 30.5 Å². The first-order chi connectivity index (χ1) is 14.7. The molecule has 0 unspecified atom stereocenters. The van der Waals surface area contributed by atoms with Crippen molar-refractivity contribution < 1.29 is 13.3 Å². The van der Waals surface area contributed by atoms with Crippen LogP contribution in [0.1, 0.15) is 18.4 Å². The first kappa shape index (κ1) is 25.8. The third-order valence-electron chi connectivity index (χ3n) is 5.38. The van der Waals surface area contributed by atoms with Crippen molar-refractivity contribution in [3.8, 4) is 0 Å². The third kappa shape index (κ3) is 6.55. The highest BCUT2D eigenvalue weighted by molar-refractivity contribution is 14.0. The van der Waals surface area contributed by atoms with Crippen LogP contribution in [0.4, 0.5) is 11.4 Å². The minimum absolute atomic E-state index is 0. The number of nitrogens with zero attached hydrogens (tertiary/aromatic N) is 2. The van der Waals surface area contributed by atoms with Crippen LogP contribution in [0.2, 0.25) is 0 Å². The van der Waals surface area contributed by atoms with Crippen LogP contribution in [0, 0.1) is 10.1 Å². The first-order valence-electron chi connectivity index (χ1n) is 9.98. The van der Waals surface area contributed by atoms with Gasteiger partial charge in [-0.3, -0.25) is 15.1 Å². The van der Waals surface area contributed by atoms with Gasteiger partial charge < -0.3 is 16.0 Å². The average molecular weight is 573 g/mol. The van der Waals surface area contributed by atoms with Gasteiger partial charge in [0.1, 0.15) is 5.69 Å². The van der Waals surface area contributed by atoms with Gasteiger partial charge in [-0.15, -0.1) is 24.0 Å². The lowest BCUT2D eigenvalue weighted by Gasteiger charge is -2.19. The van der Waals surface area contributed by atoms with Gasteiger partial charge in [-0.2, -0.15) is 0 Å². The smallest absolute Gasteiger partial charge is 0.293 e. The normalized spacial score (nSPS) is 14.8. The Morgan fingerprint density at radius 1 is 1.12 bits per heavy atom. The number of sulfone groups is 1. The number of hydrogen-bond acceptors (Lipinski definition) is 6. The van der Waals surface area contributed by atoms with Gasteiger partial charge >= 0.3 is 0 Å². The minimum atomic E-state index is -3.52. The quantitative estimate of drug-likeness (QED) is 0.105.